The first-order valence-corrected chi connectivity index (χ1v) is 7.94. The molecule has 1 aromatic heterocycles. The van der Waals surface area contributed by atoms with Gasteiger partial charge in [0, 0.05) is 17.8 Å². The Bertz CT molecular complexity index is 419. The highest BCUT2D eigenvalue weighted by Crippen LogP contribution is 2.26. The molecule has 2 atom stereocenters. The number of thiazole rings is 1. The molecule has 0 bridgehead atoms. The summed E-state index contributed by atoms with van der Waals surface area (Å²) in [6.45, 7) is 2.33. The van der Waals surface area contributed by atoms with Gasteiger partial charge in [-0.25, -0.2) is 4.98 Å². The molecule has 106 valence electrons. The van der Waals surface area contributed by atoms with Crippen LogP contribution in [-0.2, 0) is 11.2 Å². The van der Waals surface area contributed by atoms with E-state index in [4.69, 9.17) is 5.11 Å². The maximum atomic E-state index is 10.5. The van der Waals surface area contributed by atoms with Crippen molar-refractivity contribution in [3.05, 3.63) is 11.1 Å². The van der Waals surface area contributed by atoms with Crippen LogP contribution in [0, 0.1) is 5.92 Å². The fourth-order valence-corrected chi connectivity index (χ4v) is 3.35. The van der Waals surface area contributed by atoms with Crippen LogP contribution in [-0.4, -0.2) is 22.1 Å². The lowest BCUT2D eigenvalue weighted by molar-refractivity contribution is -0.136. The highest BCUT2D eigenvalue weighted by molar-refractivity contribution is 7.13. The van der Waals surface area contributed by atoms with Crippen molar-refractivity contribution in [3.8, 4) is 0 Å². The summed E-state index contributed by atoms with van der Waals surface area (Å²) in [4.78, 5) is 15.0. The van der Waals surface area contributed by atoms with Crippen LogP contribution < -0.4 is 5.32 Å². The molecule has 0 saturated heterocycles. The Morgan fingerprint density at radius 2 is 2.32 bits per heavy atom. The van der Waals surface area contributed by atoms with E-state index >= 15 is 0 Å². The first-order valence-electron chi connectivity index (χ1n) is 7.06. The zero-order valence-electron chi connectivity index (χ0n) is 11.4. The number of nitrogens with zero attached hydrogens (tertiary/aromatic N) is 1. The molecule has 0 aliphatic heterocycles. The van der Waals surface area contributed by atoms with Crippen molar-refractivity contribution < 1.29 is 9.90 Å². The number of carbonyl (C=O) groups is 1. The summed E-state index contributed by atoms with van der Waals surface area (Å²) in [5, 5.41) is 15.1. The van der Waals surface area contributed by atoms with E-state index in [2.05, 4.69) is 17.2 Å². The van der Waals surface area contributed by atoms with Crippen molar-refractivity contribution in [2.45, 2.75) is 57.9 Å². The monoisotopic (exact) mass is 282 g/mol. The Labute approximate surface area is 118 Å². The molecule has 2 N–H and O–H groups in total. The summed E-state index contributed by atoms with van der Waals surface area (Å²) in [5.41, 5.74) is 0.886. The van der Waals surface area contributed by atoms with Crippen LogP contribution in [0.15, 0.2) is 5.38 Å². The minimum Gasteiger partial charge on any atom is -0.481 e. The van der Waals surface area contributed by atoms with E-state index in [1.165, 1.54) is 32.1 Å². The molecule has 2 rings (SSSR count). The summed E-state index contributed by atoms with van der Waals surface area (Å²) >= 11 is 1.59. The van der Waals surface area contributed by atoms with E-state index in [0.717, 1.165) is 16.7 Å². The van der Waals surface area contributed by atoms with Crippen LogP contribution in [0.3, 0.4) is 0 Å². The predicted molar refractivity (Wildman–Crippen MR) is 77.7 cm³/mol. The summed E-state index contributed by atoms with van der Waals surface area (Å²) in [7, 11) is 0. The maximum absolute atomic E-state index is 10.5. The van der Waals surface area contributed by atoms with Crippen molar-refractivity contribution in [2.24, 2.45) is 5.92 Å². The Balaban J connectivity index is 1.83. The molecule has 1 saturated carbocycles. The van der Waals surface area contributed by atoms with Gasteiger partial charge in [-0.1, -0.05) is 19.8 Å². The highest BCUT2D eigenvalue weighted by Gasteiger charge is 2.17. The number of aryl methyl sites for hydroxylation is 1. The average molecular weight is 282 g/mol. The second-order valence-electron chi connectivity index (χ2n) is 5.49. The number of nitrogens with one attached hydrogen (secondary N) is 1. The lowest BCUT2D eigenvalue weighted by Crippen LogP contribution is -2.18. The van der Waals surface area contributed by atoms with Crippen LogP contribution >= 0.6 is 11.3 Å². The number of rotatable bonds is 5. The second kappa shape index (κ2) is 6.89. The third kappa shape index (κ3) is 4.82. The minimum atomic E-state index is -0.764. The van der Waals surface area contributed by atoms with E-state index < -0.39 is 5.97 Å². The van der Waals surface area contributed by atoms with E-state index in [0.29, 0.717) is 12.5 Å². The van der Waals surface area contributed by atoms with Gasteiger partial charge in [0.05, 0.1) is 12.1 Å². The molecule has 0 aromatic carbocycles. The average Bonchev–Trinajstić information content (AvgIpc) is 2.71. The fourth-order valence-electron chi connectivity index (χ4n) is 2.53. The topological polar surface area (TPSA) is 62.2 Å². The summed E-state index contributed by atoms with van der Waals surface area (Å²) in [5.74, 6) is 0.0782. The number of hydrogen-bond donors (Lipinski definition) is 2. The van der Waals surface area contributed by atoms with E-state index in [-0.39, 0.29) is 6.42 Å². The third-order valence-electron chi connectivity index (χ3n) is 3.73. The molecular formula is C14H22N2O2S. The first kappa shape index (κ1) is 14.3. The number of aromatic nitrogens is 1. The van der Waals surface area contributed by atoms with Gasteiger partial charge in [-0.3, -0.25) is 4.79 Å². The molecule has 0 radical (unpaired) electrons. The summed E-state index contributed by atoms with van der Waals surface area (Å²) in [6, 6.07) is 0.531. The number of hydrogen-bond acceptors (Lipinski definition) is 4. The largest absolute Gasteiger partial charge is 0.481 e. The van der Waals surface area contributed by atoms with E-state index in [9.17, 15) is 4.79 Å². The molecule has 0 amide bonds. The summed E-state index contributed by atoms with van der Waals surface area (Å²) < 4.78 is 0. The third-order valence-corrected chi connectivity index (χ3v) is 4.55. The molecule has 2 unspecified atom stereocenters. The Morgan fingerprint density at radius 3 is 3.11 bits per heavy atom. The second-order valence-corrected chi connectivity index (χ2v) is 6.35. The zero-order valence-corrected chi connectivity index (χ0v) is 12.2. The van der Waals surface area contributed by atoms with Gasteiger partial charge < -0.3 is 10.4 Å². The molecular weight excluding hydrogens is 260 g/mol. The molecule has 19 heavy (non-hydrogen) atoms. The maximum Gasteiger partial charge on any atom is 0.303 e. The first-order chi connectivity index (χ1) is 9.13. The van der Waals surface area contributed by atoms with Gasteiger partial charge in [0.15, 0.2) is 5.13 Å². The molecule has 1 aliphatic carbocycles. The van der Waals surface area contributed by atoms with E-state index in [1.807, 2.05) is 5.38 Å². The quantitative estimate of drug-likeness (QED) is 0.811. The lowest BCUT2D eigenvalue weighted by Gasteiger charge is -2.15. The van der Waals surface area contributed by atoms with Crippen molar-refractivity contribution >= 4 is 22.4 Å². The molecule has 4 nitrogen and oxygen atoms in total. The van der Waals surface area contributed by atoms with Crippen LogP contribution in [0.5, 0.6) is 0 Å². The normalized spacial score (nSPS) is 23.8. The number of anilines is 1. The fraction of sp³-hybridized carbons (Fsp3) is 0.714. The lowest BCUT2D eigenvalue weighted by atomic mass is 10.0. The SMILES string of the molecule is CC1CCCC(Nc2nc(CCC(=O)O)cs2)CC1. The standard InChI is InChI=1S/C14H22N2O2S/c1-10-3-2-4-11(6-5-10)15-14-16-12(9-19-14)7-8-13(17)18/h9-11H,2-8H2,1H3,(H,15,16)(H,17,18). The van der Waals surface area contributed by atoms with Gasteiger partial charge in [-0.2, -0.15) is 0 Å². The van der Waals surface area contributed by atoms with Gasteiger partial charge in [-0.15, -0.1) is 11.3 Å². The number of aliphatic carboxylic acids is 1. The molecule has 1 fully saturated rings. The van der Waals surface area contributed by atoms with Gasteiger partial charge in [-0.05, 0) is 25.2 Å². The van der Waals surface area contributed by atoms with Crippen molar-refractivity contribution in [1.29, 1.82) is 0 Å². The van der Waals surface area contributed by atoms with Gasteiger partial charge in [0.1, 0.15) is 0 Å². The molecule has 1 aromatic rings. The van der Waals surface area contributed by atoms with Crippen molar-refractivity contribution in [3.63, 3.8) is 0 Å². The van der Waals surface area contributed by atoms with Crippen molar-refractivity contribution in [1.82, 2.24) is 4.98 Å². The van der Waals surface area contributed by atoms with Gasteiger partial charge >= 0.3 is 5.97 Å². The smallest absolute Gasteiger partial charge is 0.303 e. The zero-order chi connectivity index (χ0) is 13.7. The number of carboxylic acids is 1. The van der Waals surface area contributed by atoms with Crippen LogP contribution in [0.2, 0.25) is 0 Å². The summed E-state index contributed by atoms with van der Waals surface area (Å²) in [6.07, 6.45) is 7.02. The Hall–Kier alpha value is -1.10. The van der Waals surface area contributed by atoms with Crippen LogP contribution in [0.1, 0.15) is 51.1 Å². The van der Waals surface area contributed by atoms with E-state index in [1.54, 1.807) is 11.3 Å². The Morgan fingerprint density at radius 1 is 1.47 bits per heavy atom. The minimum absolute atomic E-state index is 0.157. The molecule has 1 aliphatic rings. The van der Waals surface area contributed by atoms with Crippen molar-refractivity contribution in [2.75, 3.05) is 5.32 Å². The molecule has 1 heterocycles. The predicted octanol–water partition coefficient (Wildman–Crippen LogP) is 3.54. The molecule has 5 heteroatoms. The Kier molecular flexibility index (Phi) is 5.19. The van der Waals surface area contributed by atoms with Gasteiger partial charge in [0.2, 0.25) is 0 Å². The van der Waals surface area contributed by atoms with Crippen LogP contribution in [0.4, 0.5) is 5.13 Å². The van der Waals surface area contributed by atoms with Crippen LogP contribution in [0.25, 0.3) is 0 Å². The van der Waals surface area contributed by atoms with Gasteiger partial charge in [0.25, 0.3) is 0 Å². The highest BCUT2D eigenvalue weighted by atomic mass is 32.1. The number of carboxylic acid groups (broad SMARTS) is 1. The molecule has 0 spiro atoms.